The molecule has 0 aromatic rings. The molecule has 0 unspecified atom stereocenters. The third-order valence-electron chi connectivity index (χ3n) is 4.35. The first-order valence-electron chi connectivity index (χ1n) is 7.12. The molecule has 0 radical (unpaired) electrons. The number of nitrogens with zero attached hydrogens (tertiary/aromatic N) is 1. The Balaban J connectivity index is 2.04. The minimum atomic E-state index is -0.231. The van der Waals surface area contributed by atoms with Crippen LogP contribution in [0.2, 0.25) is 0 Å². The van der Waals surface area contributed by atoms with E-state index < -0.39 is 0 Å². The quantitative estimate of drug-likeness (QED) is 0.720. The van der Waals surface area contributed by atoms with E-state index in [4.69, 9.17) is 9.31 Å². The molecule has 1 saturated heterocycles. The first kappa shape index (κ1) is 14.1. The number of hydrogen-bond donors (Lipinski definition) is 0. The van der Waals surface area contributed by atoms with E-state index >= 15 is 0 Å². The van der Waals surface area contributed by atoms with Gasteiger partial charge in [0.2, 0.25) is 0 Å². The zero-order valence-corrected chi connectivity index (χ0v) is 12.5. The molecule has 0 atom stereocenters. The van der Waals surface area contributed by atoms with Crippen LogP contribution in [0.25, 0.3) is 0 Å². The summed E-state index contributed by atoms with van der Waals surface area (Å²) in [6.07, 6.45) is 4.62. The molecule has 0 spiro atoms. The Labute approximate surface area is 112 Å². The third-order valence-corrected chi connectivity index (χ3v) is 4.35. The maximum atomic E-state index is 6.11. The summed E-state index contributed by atoms with van der Waals surface area (Å²) in [7, 11) is -0.158. The lowest BCUT2D eigenvalue weighted by Gasteiger charge is -2.32. The second kappa shape index (κ2) is 4.99. The molecule has 4 heteroatoms. The lowest BCUT2D eigenvalue weighted by Crippen LogP contribution is -2.41. The van der Waals surface area contributed by atoms with Gasteiger partial charge in [-0.3, -0.25) is 4.90 Å². The zero-order chi connectivity index (χ0) is 13.4. The van der Waals surface area contributed by atoms with Crippen molar-refractivity contribution in [2.75, 3.05) is 19.6 Å². The molecule has 1 fully saturated rings. The van der Waals surface area contributed by atoms with Gasteiger partial charge in [0, 0.05) is 13.1 Å². The highest BCUT2D eigenvalue weighted by Crippen LogP contribution is 2.39. The van der Waals surface area contributed by atoms with Crippen LogP contribution in [0.1, 0.15) is 47.5 Å². The molecule has 0 aliphatic carbocycles. The van der Waals surface area contributed by atoms with E-state index in [0.29, 0.717) is 0 Å². The fourth-order valence-electron chi connectivity index (χ4n) is 2.51. The van der Waals surface area contributed by atoms with Gasteiger partial charge in [-0.25, -0.2) is 0 Å². The van der Waals surface area contributed by atoms with Gasteiger partial charge in [-0.2, -0.15) is 0 Å². The van der Waals surface area contributed by atoms with Gasteiger partial charge >= 0.3 is 7.12 Å². The minimum Gasteiger partial charge on any atom is -0.400 e. The van der Waals surface area contributed by atoms with Crippen molar-refractivity contribution in [3.63, 3.8) is 0 Å². The van der Waals surface area contributed by atoms with Gasteiger partial charge in [0.25, 0.3) is 0 Å². The molecule has 18 heavy (non-hydrogen) atoms. The number of hydrogen-bond acceptors (Lipinski definition) is 3. The van der Waals surface area contributed by atoms with Crippen LogP contribution in [-0.2, 0) is 9.31 Å². The normalized spacial score (nSPS) is 27.4. The molecule has 0 aromatic carbocycles. The second-order valence-corrected chi connectivity index (χ2v) is 6.43. The highest BCUT2D eigenvalue weighted by Gasteiger charge is 2.52. The molecule has 0 bridgehead atoms. The SMILES string of the molecule is CCCN1CCC=C(B2OC(C)(C)C(C)(C)O2)C1. The highest BCUT2D eigenvalue weighted by molar-refractivity contribution is 6.54. The van der Waals surface area contributed by atoms with Crippen LogP contribution in [0.3, 0.4) is 0 Å². The maximum Gasteiger partial charge on any atom is 0.491 e. The predicted octanol–water partition coefficient (Wildman–Crippen LogP) is 2.66. The Morgan fingerprint density at radius 3 is 2.39 bits per heavy atom. The van der Waals surface area contributed by atoms with E-state index in [1.54, 1.807) is 0 Å². The van der Waals surface area contributed by atoms with Crippen molar-refractivity contribution in [3.8, 4) is 0 Å². The van der Waals surface area contributed by atoms with E-state index in [9.17, 15) is 0 Å². The Morgan fingerprint density at radius 1 is 1.22 bits per heavy atom. The molecular weight excluding hydrogens is 225 g/mol. The largest absolute Gasteiger partial charge is 0.491 e. The van der Waals surface area contributed by atoms with Crippen LogP contribution in [0.15, 0.2) is 11.5 Å². The maximum absolute atomic E-state index is 6.11. The molecule has 0 N–H and O–H groups in total. The monoisotopic (exact) mass is 251 g/mol. The summed E-state index contributed by atoms with van der Waals surface area (Å²) in [5.74, 6) is 0. The van der Waals surface area contributed by atoms with Gasteiger partial charge in [0.1, 0.15) is 0 Å². The lowest BCUT2D eigenvalue weighted by atomic mass is 9.76. The van der Waals surface area contributed by atoms with Gasteiger partial charge < -0.3 is 9.31 Å². The van der Waals surface area contributed by atoms with Gasteiger partial charge in [-0.05, 0) is 52.6 Å². The van der Waals surface area contributed by atoms with Crippen molar-refractivity contribution in [1.82, 2.24) is 4.90 Å². The van der Waals surface area contributed by atoms with Gasteiger partial charge in [0.15, 0.2) is 0 Å². The van der Waals surface area contributed by atoms with Gasteiger partial charge in [-0.15, -0.1) is 0 Å². The summed E-state index contributed by atoms with van der Waals surface area (Å²) in [6, 6.07) is 0. The van der Waals surface area contributed by atoms with E-state index in [1.165, 1.54) is 11.9 Å². The molecule has 102 valence electrons. The first-order chi connectivity index (χ1) is 8.36. The van der Waals surface area contributed by atoms with Crippen LogP contribution in [0, 0.1) is 0 Å². The molecule has 0 aromatic heterocycles. The molecular formula is C14H26BNO2. The minimum absolute atomic E-state index is 0.158. The topological polar surface area (TPSA) is 21.7 Å². The second-order valence-electron chi connectivity index (χ2n) is 6.43. The molecule has 3 nitrogen and oxygen atoms in total. The van der Waals surface area contributed by atoms with Gasteiger partial charge in [0.05, 0.1) is 11.2 Å². The van der Waals surface area contributed by atoms with Crippen LogP contribution >= 0.6 is 0 Å². The van der Waals surface area contributed by atoms with Crippen molar-refractivity contribution in [2.24, 2.45) is 0 Å². The van der Waals surface area contributed by atoms with Crippen LogP contribution < -0.4 is 0 Å². The summed E-state index contributed by atoms with van der Waals surface area (Å²) in [6.45, 7) is 14.0. The van der Waals surface area contributed by atoms with E-state index in [2.05, 4.69) is 45.6 Å². The smallest absolute Gasteiger partial charge is 0.400 e. The fourth-order valence-corrected chi connectivity index (χ4v) is 2.51. The predicted molar refractivity (Wildman–Crippen MR) is 75.5 cm³/mol. The average molecular weight is 251 g/mol. The number of rotatable bonds is 3. The molecule has 2 heterocycles. The van der Waals surface area contributed by atoms with Crippen molar-refractivity contribution in [2.45, 2.75) is 58.7 Å². The molecule has 2 aliphatic heterocycles. The standard InChI is InChI=1S/C14H26BNO2/c1-6-9-16-10-7-8-12(11-16)15-17-13(2,3)14(4,5)18-15/h8H,6-7,9-11H2,1-5H3. The van der Waals surface area contributed by atoms with E-state index in [0.717, 1.165) is 26.1 Å². The highest BCUT2D eigenvalue weighted by atomic mass is 16.7. The third kappa shape index (κ3) is 2.66. The van der Waals surface area contributed by atoms with Crippen LogP contribution in [0.4, 0.5) is 0 Å². The van der Waals surface area contributed by atoms with Crippen molar-refractivity contribution < 1.29 is 9.31 Å². The summed E-state index contributed by atoms with van der Waals surface area (Å²) < 4.78 is 12.2. The lowest BCUT2D eigenvalue weighted by molar-refractivity contribution is 0.00578. The Morgan fingerprint density at radius 2 is 1.83 bits per heavy atom. The molecule has 2 aliphatic rings. The van der Waals surface area contributed by atoms with Crippen molar-refractivity contribution in [1.29, 1.82) is 0 Å². The first-order valence-corrected chi connectivity index (χ1v) is 7.12. The fraction of sp³-hybridized carbons (Fsp3) is 0.857. The molecule has 0 saturated carbocycles. The summed E-state index contributed by atoms with van der Waals surface area (Å²) in [5, 5.41) is 0. The van der Waals surface area contributed by atoms with E-state index in [1.807, 2.05) is 0 Å². The molecule has 0 amide bonds. The van der Waals surface area contributed by atoms with Gasteiger partial charge in [-0.1, -0.05) is 13.0 Å². The summed E-state index contributed by atoms with van der Waals surface area (Å²) >= 11 is 0. The van der Waals surface area contributed by atoms with E-state index in [-0.39, 0.29) is 18.3 Å². The van der Waals surface area contributed by atoms with Crippen LogP contribution in [-0.4, -0.2) is 42.9 Å². The summed E-state index contributed by atoms with van der Waals surface area (Å²) in [4.78, 5) is 2.49. The summed E-state index contributed by atoms with van der Waals surface area (Å²) in [5.41, 5.74) is 0.838. The zero-order valence-electron chi connectivity index (χ0n) is 12.5. The Bertz CT molecular complexity index is 323. The Hall–Kier alpha value is -0.315. The average Bonchev–Trinajstić information content (AvgIpc) is 2.49. The van der Waals surface area contributed by atoms with Crippen molar-refractivity contribution >= 4 is 7.12 Å². The van der Waals surface area contributed by atoms with Crippen LogP contribution in [0.5, 0.6) is 0 Å². The molecule has 2 rings (SSSR count). The Kier molecular flexibility index (Phi) is 3.91. The van der Waals surface area contributed by atoms with Crippen molar-refractivity contribution in [3.05, 3.63) is 11.5 Å².